The maximum atomic E-state index is 12.7. The van der Waals surface area contributed by atoms with Crippen molar-refractivity contribution in [2.24, 2.45) is 0 Å². The first kappa shape index (κ1) is 14.9. The number of rotatable bonds is 4. The van der Waals surface area contributed by atoms with Gasteiger partial charge in [-0.2, -0.15) is 0 Å². The number of pyridine rings is 1. The van der Waals surface area contributed by atoms with Crippen molar-refractivity contribution in [3.05, 3.63) is 42.1 Å². The monoisotopic (exact) mass is 300 g/mol. The maximum absolute atomic E-state index is 12.7. The topological polar surface area (TPSA) is 51.7 Å². The average Bonchev–Trinajstić information content (AvgIpc) is 2.59. The second-order valence-electron chi connectivity index (χ2n) is 5.44. The Kier molecular flexibility index (Phi) is 4.65. The third-order valence-electron chi connectivity index (χ3n) is 3.92. The van der Waals surface area contributed by atoms with Crippen LogP contribution in [0.15, 0.2) is 36.5 Å². The largest absolute Gasteiger partial charge is 0.385 e. The molecule has 0 aliphatic carbocycles. The van der Waals surface area contributed by atoms with Crippen molar-refractivity contribution in [2.75, 3.05) is 33.4 Å². The van der Waals surface area contributed by atoms with E-state index in [0.29, 0.717) is 31.9 Å². The van der Waals surface area contributed by atoms with E-state index in [1.54, 1.807) is 13.3 Å². The van der Waals surface area contributed by atoms with Gasteiger partial charge in [-0.1, -0.05) is 6.07 Å². The Morgan fingerprint density at radius 1 is 1.45 bits per heavy atom. The Hall–Kier alpha value is -1.98. The molecule has 0 bridgehead atoms. The van der Waals surface area contributed by atoms with Gasteiger partial charge in [0, 0.05) is 44.0 Å². The number of carbonyl (C=O) groups excluding carboxylic acids is 1. The van der Waals surface area contributed by atoms with E-state index in [2.05, 4.69) is 4.98 Å². The number of benzene rings is 1. The van der Waals surface area contributed by atoms with E-state index >= 15 is 0 Å². The summed E-state index contributed by atoms with van der Waals surface area (Å²) in [7, 11) is 1.68. The molecule has 1 saturated heterocycles. The molecule has 2 heterocycles. The molecule has 5 heteroatoms. The Morgan fingerprint density at radius 2 is 2.36 bits per heavy atom. The van der Waals surface area contributed by atoms with Crippen LogP contribution in [0.2, 0.25) is 0 Å². The predicted molar refractivity (Wildman–Crippen MR) is 83.9 cm³/mol. The summed E-state index contributed by atoms with van der Waals surface area (Å²) in [6.07, 6.45) is 2.62. The van der Waals surface area contributed by atoms with Gasteiger partial charge in [-0.3, -0.25) is 9.78 Å². The number of carbonyl (C=O) groups is 1. The molecule has 1 aliphatic heterocycles. The van der Waals surface area contributed by atoms with E-state index < -0.39 is 0 Å². The van der Waals surface area contributed by atoms with Crippen LogP contribution in [0, 0.1) is 0 Å². The summed E-state index contributed by atoms with van der Waals surface area (Å²) in [5.74, 6) is 0.0523. The van der Waals surface area contributed by atoms with Crippen LogP contribution in [0.3, 0.4) is 0 Å². The van der Waals surface area contributed by atoms with Crippen LogP contribution in [-0.4, -0.2) is 55.3 Å². The van der Waals surface area contributed by atoms with Gasteiger partial charge >= 0.3 is 0 Å². The number of amides is 1. The quantitative estimate of drug-likeness (QED) is 0.868. The molecule has 1 amide bonds. The molecule has 0 radical (unpaired) electrons. The Morgan fingerprint density at radius 3 is 3.23 bits per heavy atom. The summed E-state index contributed by atoms with van der Waals surface area (Å²) in [6, 6.07) is 9.50. The van der Waals surface area contributed by atoms with Gasteiger partial charge in [-0.05, 0) is 30.7 Å². The van der Waals surface area contributed by atoms with E-state index in [1.165, 1.54) is 0 Å². The van der Waals surface area contributed by atoms with Crippen LogP contribution < -0.4 is 0 Å². The van der Waals surface area contributed by atoms with Crippen LogP contribution in [0.1, 0.15) is 16.8 Å². The second-order valence-corrected chi connectivity index (χ2v) is 5.44. The summed E-state index contributed by atoms with van der Waals surface area (Å²) in [6.45, 7) is 2.48. The van der Waals surface area contributed by atoms with Crippen LogP contribution in [-0.2, 0) is 9.47 Å². The fourth-order valence-corrected chi connectivity index (χ4v) is 2.72. The highest BCUT2D eigenvalue weighted by molar-refractivity contribution is 5.98. The van der Waals surface area contributed by atoms with Crippen LogP contribution in [0.4, 0.5) is 0 Å². The molecule has 1 fully saturated rings. The van der Waals surface area contributed by atoms with E-state index in [9.17, 15) is 4.79 Å². The van der Waals surface area contributed by atoms with Crippen LogP contribution in [0.25, 0.3) is 10.9 Å². The van der Waals surface area contributed by atoms with Gasteiger partial charge in [-0.25, -0.2) is 0 Å². The standard InChI is InChI=1S/C17H20N2O3/c1-21-9-6-15-12-19(8-10-22-15)17(20)14-4-5-16-13(11-14)3-2-7-18-16/h2-5,7,11,15H,6,8-10,12H2,1H3/t15-/m0/s1. The molecule has 116 valence electrons. The summed E-state index contributed by atoms with van der Waals surface area (Å²) < 4.78 is 10.8. The summed E-state index contributed by atoms with van der Waals surface area (Å²) >= 11 is 0. The number of hydrogen-bond acceptors (Lipinski definition) is 4. The van der Waals surface area contributed by atoms with Crippen molar-refractivity contribution < 1.29 is 14.3 Å². The van der Waals surface area contributed by atoms with E-state index in [1.807, 2.05) is 35.2 Å². The Bertz CT molecular complexity index is 659. The first-order chi connectivity index (χ1) is 10.8. The summed E-state index contributed by atoms with van der Waals surface area (Å²) in [5, 5.41) is 0.984. The third-order valence-corrected chi connectivity index (χ3v) is 3.92. The molecule has 22 heavy (non-hydrogen) atoms. The average molecular weight is 300 g/mol. The van der Waals surface area contributed by atoms with Gasteiger partial charge in [0.2, 0.25) is 0 Å². The van der Waals surface area contributed by atoms with Crippen molar-refractivity contribution in [3.63, 3.8) is 0 Å². The zero-order valence-corrected chi connectivity index (χ0v) is 12.7. The zero-order valence-electron chi connectivity index (χ0n) is 12.7. The van der Waals surface area contributed by atoms with Gasteiger partial charge in [0.1, 0.15) is 0 Å². The molecule has 3 rings (SSSR count). The molecular weight excluding hydrogens is 280 g/mol. The molecule has 1 aromatic carbocycles. The summed E-state index contributed by atoms with van der Waals surface area (Å²) in [4.78, 5) is 18.8. The molecule has 0 unspecified atom stereocenters. The number of fused-ring (bicyclic) bond motifs is 1. The number of morpholine rings is 1. The predicted octanol–water partition coefficient (Wildman–Crippen LogP) is 2.11. The van der Waals surface area contributed by atoms with E-state index in [0.717, 1.165) is 17.3 Å². The van der Waals surface area contributed by atoms with E-state index in [4.69, 9.17) is 9.47 Å². The number of methoxy groups -OCH3 is 1. The highest BCUT2D eigenvalue weighted by atomic mass is 16.5. The first-order valence-corrected chi connectivity index (χ1v) is 7.52. The fraction of sp³-hybridized carbons (Fsp3) is 0.412. The van der Waals surface area contributed by atoms with Crippen molar-refractivity contribution in [3.8, 4) is 0 Å². The number of nitrogens with zero attached hydrogens (tertiary/aromatic N) is 2. The van der Waals surface area contributed by atoms with Crippen molar-refractivity contribution in [2.45, 2.75) is 12.5 Å². The van der Waals surface area contributed by atoms with Gasteiger partial charge in [0.15, 0.2) is 0 Å². The first-order valence-electron chi connectivity index (χ1n) is 7.52. The minimum Gasteiger partial charge on any atom is -0.385 e. The van der Waals surface area contributed by atoms with Crippen molar-refractivity contribution in [1.29, 1.82) is 0 Å². The fourth-order valence-electron chi connectivity index (χ4n) is 2.72. The van der Waals surface area contributed by atoms with E-state index in [-0.39, 0.29) is 12.0 Å². The number of hydrogen-bond donors (Lipinski definition) is 0. The molecule has 0 N–H and O–H groups in total. The molecule has 1 atom stereocenters. The van der Waals surface area contributed by atoms with Crippen molar-refractivity contribution in [1.82, 2.24) is 9.88 Å². The lowest BCUT2D eigenvalue weighted by molar-refractivity contribution is -0.0332. The Balaban J connectivity index is 1.74. The highest BCUT2D eigenvalue weighted by Gasteiger charge is 2.24. The van der Waals surface area contributed by atoms with Gasteiger partial charge in [0.05, 0.1) is 18.2 Å². The van der Waals surface area contributed by atoms with Crippen LogP contribution in [0.5, 0.6) is 0 Å². The van der Waals surface area contributed by atoms with Gasteiger partial charge in [-0.15, -0.1) is 0 Å². The molecule has 0 spiro atoms. The number of aromatic nitrogens is 1. The third kappa shape index (κ3) is 3.26. The molecule has 5 nitrogen and oxygen atoms in total. The second kappa shape index (κ2) is 6.85. The lowest BCUT2D eigenvalue weighted by atomic mass is 10.1. The smallest absolute Gasteiger partial charge is 0.254 e. The molecule has 1 aliphatic rings. The normalized spacial score (nSPS) is 18.6. The Labute approximate surface area is 129 Å². The summed E-state index contributed by atoms with van der Waals surface area (Å²) in [5.41, 5.74) is 1.60. The molecular formula is C17H20N2O3. The minimum atomic E-state index is 0.0523. The molecule has 0 saturated carbocycles. The lowest BCUT2D eigenvalue weighted by Crippen LogP contribution is -2.45. The SMILES string of the molecule is COCC[C@H]1CN(C(=O)c2ccc3ncccc3c2)CCO1. The lowest BCUT2D eigenvalue weighted by Gasteiger charge is -2.33. The number of ether oxygens (including phenoxy) is 2. The van der Waals surface area contributed by atoms with Crippen LogP contribution >= 0.6 is 0 Å². The molecule has 1 aromatic heterocycles. The molecule has 2 aromatic rings. The minimum absolute atomic E-state index is 0.0523. The highest BCUT2D eigenvalue weighted by Crippen LogP contribution is 2.17. The van der Waals surface area contributed by atoms with Gasteiger partial charge < -0.3 is 14.4 Å². The maximum Gasteiger partial charge on any atom is 0.254 e. The van der Waals surface area contributed by atoms with Crippen molar-refractivity contribution >= 4 is 16.8 Å². The van der Waals surface area contributed by atoms with Gasteiger partial charge in [0.25, 0.3) is 5.91 Å². The zero-order chi connectivity index (χ0) is 15.4.